The summed E-state index contributed by atoms with van der Waals surface area (Å²) in [6.45, 7) is 1.87. The van der Waals surface area contributed by atoms with E-state index in [1.54, 1.807) is 12.1 Å². The van der Waals surface area contributed by atoms with Crippen LogP contribution in [-0.4, -0.2) is 21.0 Å². The highest BCUT2D eigenvalue weighted by Crippen LogP contribution is 2.19. The van der Waals surface area contributed by atoms with Gasteiger partial charge in [0.05, 0.1) is 5.69 Å². The van der Waals surface area contributed by atoms with Crippen LogP contribution in [0.5, 0.6) is 0 Å². The summed E-state index contributed by atoms with van der Waals surface area (Å²) in [7, 11) is 0. The van der Waals surface area contributed by atoms with Crippen LogP contribution in [0.4, 0.5) is 0 Å². The molecule has 0 radical (unpaired) electrons. The van der Waals surface area contributed by atoms with Gasteiger partial charge in [0.1, 0.15) is 5.69 Å². The standard InChI is InChI=1S/C16H14N4O/c1-12-15(13-8-4-2-5-9-13)17-19-20(12)18-16(21)14-10-6-3-7-11-14/h2-11H,1H3,(H,18,21). The van der Waals surface area contributed by atoms with Crippen LogP contribution in [0.25, 0.3) is 11.3 Å². The Morgan fingerprint density at radius 3 is 2.29 bits per heavy atom. The topological polar surface area (TPSA) is 59.8 Å². The van der Waals surface area contributed by atoms with Crippen molar-refractivity contribution in [3.63, 3.8) is 0 Å². The van der Waals surface area contributed by atoms with Gasteiger partial charge in [0.15, 0.2) is 0 Å². The molecule has 0 aliphatic heterocycles. The van der Waals surface area contributed by atoms with Gasteiger partial charge in [-0.05, 0) is 24.3 Å². The first-order chi connectivity index (χ1) is 10.3. The molecule has 1 amide bonds. The number of hydrogen-bond donors (Lipinski definition) is 1. The summed E-state index contributed by atoms with van der Waals surface area (Å²) in [5, 5.41) is 8.12. The molecule has 2 aromatic carbocycles. The Labute approximate surface area is 122 Å². The average Bonchev–Trinajstić information content (AvgIpc) is 2.90. The third-order valence-corrected chi connectivity index (χ3v) is 3.19. The van der Waals surface area contributed by atoms with Crippen molar-refractivity contribution in [2.75, 3.05) is 5.43 Å². The third kappa shape index (κ3) is 2.67. The van der Waals surface area contributed by atoms with Gasteiger partial charge in [-0.25, -0.2) is 5.43 Å². The molecule has 0 aliphatic carbocycles. The molecule has 1 aromatic heterocycles. The molecule has 5 nitrogen and oxygen atoms in total. The summed E-state index contributed by atoms with van der Waals surface area (Å²) in [5.41, 5.74) is 5.80. The number of carbonyl (C=O) groups is 1. The zero-order valence-corrected chi connectivity index (χ0v) is 11.5. The van der Waals surface area contributed by atoms with Gasteiger partial charge in [0, 0.05) is 11.1 Å². The molecule has 0 fully saturated rings. The Morgan fingerprint density at radius 2 is 1.62 bits per heavy atom. The van der Waals surface area contributed by atoms with Crippen molar-refractivity contribution in [1.29, 1.82) is 0 Å². The number of rotatable bonds is 3. The van der Waals surface area contributed by atoms with Crippen LogP contribution in [0.15, 0.2) is 60.7 Å². The number of benzene rings is 2. The summed E-state index contributed by atoms with van der Waals surface area (Å²) in [5.74, 6) is -0.219. The lowest BCUT2D eigenvalue weighted by atomic mass is 10.1. The third-order valence-electron chi connectivity index (χ3n) is 3.19. The van der Waals surface area contributed by atoms with Crippen molar-refractivity contribution >= 4 is 5.91 Å². The first-order valence-corrected chi connectivity index (χ1v) is 6.60. The lowest BCUT2D eigenvalue weighted by Gasteiger charge is -2.06. The van der Waals surface area contributed by atoms with E-state index in [2.05, 4.69) is 15.7 Å². The minimum Gasteiger partial charge on any atom is -0.267 e. The highest BCUT2D eigenvalue weighted by molar-refractivity contribution is 5.99. The summed E-state index contributed by atoms with van der Waals surface area (Å²) in [4.78, 5) is 13.5. The van der Waals surface area contributed by atoms with Crippen molar-refractivity contribution in [2.45, 2.75) is 6.92 Å². The molecule has 5 heteroatoms. The number of hydrogen-bond acceptors (Lipinski definition) is 3. The molecule has 0 bridgehead atoms. The van der Waals surface area contributed by atoms with Crippen molar-refractivity contribution in [3.8, 4) is 11.3 Å². The minimum absolute atomic E-state index is 0.219. The van der Waals surface area contributed by atoms with Gasteiger partial charge in [-0.3, -0.25) is 4.79 Å². The van der Waals surface area contributed by atoms with E-state index in [4.69, 9.17) is 0 Å². The molecule has 0 unspecified atom stereocenters. The van der Waals surface area contributed by atoms with E-state index in [0.29, 0.717) is 5.56 Å². The molecule has 1 heterocycles. The maximum absolute atomic E-state index is 12.1. The number of nitrogens with one attached hydrogen (secondary N) is 1. The highest BCUT2D eigenvalue weighted by Gasteiger charge is 2.13. The van der Waals surface area contributed by atoms with Crippen LogP contribution >= 0.6 is 0 Å². The van der Waals surface area contributed by atoms with Crippen LogP contribution in [0.3, 0.4) is 0 Å². The fraction of sp³-hybridized carbons (Fsp3) is 0.0625. The van der Waals surface area contributed by atoms with Gasteiger partial charge >= 0.3 is 0 Å². The van der Waals surface area contributed by atoms with E-state index in [1.807, 2.05) is 55.5 Å². The highest BCUT2D eigenvalue weighted by atomic mass is 16.2. The Balaban J connectivity index is 1.85. The lowest BCUT2D eigenvalue weighted by molar-refractivity contribution is 0.100. The predicted octanol–water partition coefficient (Wildman–Crippen LogP) is 2.64. The van der Waals surface area contributed by atoms with Gasteiger partial charge < -0.3 is 0 Å². The van der Waals surface area contributed by atoms with Gasteiger partial charge in [0.2, 0.25) is 0 Å². The normalized spacial score (nSPS) is 10.3. The number of aromatic nitrogens is 3. The molecule has 0 atom stereocenters. The van der Waals surface area contributed by atoms with Crippen molar-refractivity contribution in [1.82, 2.24) is 15.1 Å². The zero-order valence-electron chi connectivity index (χ0n) is 11.5. The average molecular weight is 278 g/mol. The molecule has 3 rings (SSSR count). The molecule has 1 N–H and O–H groups in total. The summed E-state index contributed by atoms with van der Waals surface area (Å²) in [6, 6.07) is 18.7. The van der Waals surface area contributed by atoms with E-state index in [9.17, 15) is 4.79 Å². The molecular weight excluding hydrogens is 264 g/mol. The monoisotopic (exact) mass is 278 g/mol. The minimum atomic E-state index is -0.219. The van der Waals surface area contributed by atoms with Gasteiger partial charge in [-0.1, -0.05) is 48.5 Å². The van der Waals surface area contributed by atoms with Gasteiger partial charge in [-0.15, -0.1) is 5.10 Å². The first kappa shape index (κ1) is 13.1. The zero-order chi connectivity index (χ0) is 14.7. The molecular formula is C16H14N4O. The second-order valence-corrected chi connectivity index (χ2v) is 4.61. The second kappa shape index (κ2) is 5.58. The Bertz CT molecular complexity index is 750. The van der Waals surface area contributed by atoms with Crippen LogP contribution in [0.1, 0.15) is 16.1 Å². The maximum Gasteiger partial charge on any atom is 0.271 e. The molecule has 0 spiro atoms. The quantitative estimate of drug-likeness (QED) is 0.801. The van der Waals surface area contributed by atoms with Gasteiger partial charge in [0.25, 0.3) is 5.91 Å². The first-order valence-electron chi connectivity index (χ1n) is 6.60. The summed E-state index contributed by atoms with van der Waals surface area (Å²) >= 11 is 0. The molecule has 0 saturated carbocycles. The van der Waals surface area contributed by atoms with Crippen molar-refractivity contribution in [3.05, 3.63) is 71.9 Å². The smallest absolute Gasteiger partial charge is 0.267 e. The molecule has 0 saturated heterocycles. The van der Waals surface area contributed by atoms with Gasteiger partial charge in [-0.2, -0.15) is 4.79 Å². The van der Waals surface area contributed by atoms with E-state index < -0.39 is 0 Å². The second-order valence-electron chi connectivity index (χ2n) is 4.61. The van der Waals surface area contributed by atoms with Crippen LogP contribution in [0, 0.1) is 6.92 Å². The van der Waals surface area contributed by atoms with E-state index in [1.165, 1.54) is 4.79 Å². The Morgan fingerprint density at radius 1 is 1.00 bits per heavy atom. The fourth-order valence-corrected chi connectivity index (χ4v) is 2.05. The number of nitrogens with zero attached hydrogens (tertiary/aromatic N) is 3. The molecule has 3 aromatic rings. The molecule has 21 heavy (non-hydrogen) atoms. The lowest BCUT2D eigenvalue weighted by Crippen LogP contribution is -2.25. The van der Waals surface area contributed by atoms with E-state index in [-0.39, 0.29) is 5.91 Å². The Hall–Kier alpha value is -2.95. The van der Waals surface area contributed by atoms with Crippen LogP contribution in [0.2, 0.25) is 0 Å². The van der Waals surface area contributed by atoms with Crippen LogP contribution in [-0.2, 0) is 0 Å². The van der Waals surface area contributed by atoms with Crippen LogP contribution < -0.4 is 5.43 Å². The molecule has 0 aliphatic rings. The van der Waals surface area contributed by atoms with Crippen molar-refractivity contribution in [2.24, 2.45) is 0 Å². The maximum atomic E-state index is 12.1. The number of amides is 1. The number of carbonyl (C=O) groups excluding carboxylic acids is 1. The van der Waals surface area contributed by atoms with Crippen molar-refractivity contribution < 1.29 is 4.79 Å². The summed E-state index contributed by atoms with van der Waals surface area (Å²) < 4.78 is 0. The molecule has 104 valence electrons. The Kier molecular flexibility index (Phi) is 3.47. The summed E-state index contributed by atoms with van der Waals surface area (Å²) in [6.07, 6.45) is 0. The largest absolute Gasteiger partial charge is 0.271 e. The van der Waals surface area contributed by atoms with E-state index >= 15 is 0 Å². The van der Waals surface area contributed by atoms with E-state index in [0.717, 1.165) is 17.0 Å². The predicted molar refractivity (Wildman–Crippen MR) is 80.3 cm³/mol. The fourth-order valence-electron chi connectivity index (χ4n) is 2.05. The SMILES string of the molecule is Cc1c(-c2ccccc2)nnn1NC(=O)c1ccccc1.